The number of nitrogens with zero attached hydrogens (tertiary/aromatic N) is 1. The van der Waals surface area contributed by atoms with Crippen molar-refractivity contribution in [2.24, 2.45) is 13.0 Å². The van der Waals surface area contributed by atoms with Gasteiger partial charge in [-0.05, 0) is 48.4 Å². The van der Waals surface area contributed by atoms with Crippen molar-refractivity contribution >= 4 is 32.5 Å². The third kappa shape index (κ3) is 2.90. The van der Waals surface area contributed by atoms with Gasteiger partial charge in [0, 0.05) is 18.5 Å². The maximum absolute atomic E-state index is 12.7. The lowest BCUT2D eigenvalue weighted by Crippen LogP contribution is -2.41. The van der Waals surface area contributed by atoms with Crippen molar-refractivity contribution < 1.29 is 17.9 Å². The highest BCUT2D eigenvalue weighted by atomic mass is 32.2. The molecule has 2 heterocycles. The summed E-state index contributed by atoms with van der Waals surface area (Å²) < 4.78 is 34.2. The third-order valence-electron chi connectivity index (χ3n) is 4.81. The average Bonchev–Trinajstić information content (AvgIpc) is 3.25. The maximum atomic E-state index is 12.7. The minimum absolute atomic E-state index is 0.0192. The minimum Gasteiger partial charge on any atom is -0.408 e. The summed E-state index contributed by atoms with van der Waals surface area (Å²) in [6.07, 6.45) is 1.75. The topological polar surface area (TPSA) is 102 Å². The van der Waals surface area contributed by atoms with Gasteiger partial charge in [0.25, 0.3) is 0 Å². The molecule has 1 aromatic carbocycles. The molecule has 7 nitrogen and oxygen atoms in total. The van der Waals surface area contributed by atoms with E-state index in [0.29, 0.717) is 11.1 Å². The van der Waals surface area contributed by atoms with Crippen LogP contribution in [0.5, 0.6) is 0 Å². The van der Waals surface area contributed by atoms with E-state index in [9.17, 15) is 18.3 Å². The zero-order valence-electron chi connectivity index (χ0n) is 14.0. The first kappa shape index (κ1) is 17.5. The Kier molecular flexibility index (Phi) is 4.07. The molecule has 1 aliphatic rings. The van der Waals surface area contributed by atoms with Crippen molar-refractivity contribution in [2.45, 2.75) is 23.3 Å². The smallest absolute Gasteiger partial charge is 0.408 e. The largest absolute Gasteiger partial charge is 0.419 e. The molecule has 1 atom stereocenters. The first-order chi connectivity index (χ1) is 12.3. The highest BCUT2D eigenvalue weighted by Gasteiger charge is 2.46. The Morgan fingerprint density at radius 3 is 2.81 bits per heavy atom. The molecule has 0 amide bonds. The number of aryl methyl sites for hydroxylation is 1. The summed E-state index contributed by atoms with van der Waals surface area (Å²) in [5, 5.41) is 12.9. The molecule has 138 valence electrons. The number of hydrogen-bond acceptors (Lipinski definition) is 6. The number of aliphatic hydroxyl groups is 1. The fourth-order valence-electron chi connectivity index (χ4n) is 3.08. The van der Waals surface area contributed by atoms with Gasteiger partial charge in [0.05, 0.1) is 10.4 Å². The predicted molar refractivity (Wildman–Crippen MR) is 97.6 cm³/mol. The molecular weight excluding hydrogens is 376 g/mol. The average molecular weight is 394 g/mol. The molecule has 4 rings (SSSR count). The van der Waals surface area contributed by atoms with Crippen LogP contribution in [0.1, 0.15) is 17.7 Å². The van der Waals surface area contributed by atoms with Gasteiger partial charge in [-0.25, -0.2) is 17.9 Å². The number of benzene rings is 1. The summed E-state index contributed by atoms with van der Waals surface area (Å²) in [7, 11) is -2.34. The van der Waals surface area contributed by atoms with Crippen molar-refractivity contribution in [2.75, 3.05) is 6.54 Å². The monoisotopic (exact) mass is 394 g/mol. The molecular formula is C17H18N2O5S2. The zero-order chi connectivity index (χ0) is 18.5. The number of fused-ring (bicyclic) bond motifs is 1. The molecule has 0 saturated heterocycles. The maximum Gasteiger partial charge on any atom is 0.419 e. The van der Waals surface area contributed by atoms with Gasteiger partial charge in [-0.2, -0.15) is 0 Å². The van der Waals surface area contributed by atoms with E-state index in [1.165, 1.54) is 41.2 Å². The van der Waals surface area contributed by atoms with Crippen LogP contribution in [0.2, 0.25) is 0 Å². The van der Waals surface area contributed by atoms with Crippen LogP contribution in [0.15, 0.2) is 49.8 Å². The van der Waals surface area contributed by atoms with Gasteiger partial charge in [0.2, 0.25) is 10.0 Å². The van der Waals surface area contributed by atoms with Gasteiger partial charge >= 0.3 is 5.76 Å². The molecule has 0 aliphatic heterocycles. The first-order valence-corrected chi connectivity index (χ1v) is 10.5. The van der Waals surface area contributed by atoms with E-state index in [2.05, 4.69) is 4.72 Å². The standard InChI is InChI=1S/C17H18N2O5S2/c1-19-13-9-12(6-7-14(13)24-16(19)20)26(22,23)18-10-17(21,11-4-5-11)15-3-2-8-25-15/h2-3,6-9,11,18,21H,4-5,10H2,1H3/t17-/m1/s1. The second-order valence-corrected chi connectivity index (χ2v) is 9.27. The number of nitrogens with one attached hydrogen (secondary N) is 1. The van der Waals surface area contributed by atoms with Gasteiger partial charge in [-0.3, -0.25) is 4.57 Å². The van der Waals surface area contributed by atoms with Crippen LogP contribution in [0.3, 0.4) is 0 Å². The molecule has 0 unspecified atom stereocenters. The van der Waals surface area contributed by atoms with E-state index in [4.69, 9.17) is 4.42 Å². The highest BCUT2D eigenvalue weighted by molar-refractivity contribution is 7.89. The SMILES string of the molecule is Cn1c(=O)oc2ccc(S(=O)(=O)NC[C@](O)(c3cccs3)C3CC3)cc21. The molecule has 1 aliphatic carbocycles. The van der Waals surface area contributed by atoms with Gasteiger partial charge in [-0.1, -0.05) is 6.07 Å². The molecule has 0 bridgehead atoms. The van der Waals surface area contributed by atoms with Crippen molar-refractivity contribution in [3.8, 4) is 0 Å². The fraction of sp³-hybridized carbons (Fsp3) is 0.353. The molecule has 1 fully saturated rings. The second kappa shape index (κ2) is 6.05. The molecule has 9 heteroatoms. The second-order valence-electron chi connectivity index (χ2n) is 6.56. The lowest BCUT2D eigenvalue weighted by atomic mass is 9.96. The van der Waals surface area contributed by atoms with E-state index in [1.807, 2.05) is 17.5 Å². The summed E-state index contributed by atoms with van der Waals surface area (Å²) in [5.41, 5.74) is -0.480. The van der Waals surface area contributed by atoms with Crippen LogP contribution in [0, 0.1) is 5.92 Å². The summed E-state index contributed by atoms with van der Waals surface area (Å²) in [6.45, 7) is -0.0944. The summed E-state index contributed by atoms with van der Waals surface area (Å²) in [6, 6.07) is 7.90. The Morgan fingerprint density at radius 2 is 2.15 bits per heavy atom. The Morgan fingerprint density at radius 1 is 1.38 bits per heavy atom. The minimum atomic E-state index is -3.85. The Labute approximate surface area is 153 Å². The predicted octanol–water partition coefficient (Wildman–Crippen LogP) is 1.77. The number of thiophene rings is 1. The Bertz CT molecular complexity index is 1110. The van der Waals surface area contributed by atoms with Gasteiger partial charge in [0.1, 0.15) is 5.60 Å². The third-order valence-corrected chi connectivity index (χ3v) is 7.24. The highest BCUT2D eigenvalue weighted by Crippen LogP contribution is 2.46. The summed E-state index contributed by atoms with van der Waals surface area (Å²) >= 11 is 1.42. The van der Waals surface area contributed by atoms with Crippen LogP contribution in [0.25, 0.3) is 11.1 Å². The molecule has 26 heavy (non-hydrogen) atoms. The Hall–Kier alpha value is -1.94. The van der Waals surface area contributed by atoms with Crippen LogP contribution in [-0.4, -0.2) is 24.6 Å². The first-order valence-electron chi connectivity index (χ1n) is 8.17. The molecule has 2 aromatic heterocycles. The number of sulfonamides is 1. The molecule has 0 radical (unpaired) electrons. The van der Waals surface area contributed by atoms with Crippen molar-refractivity contribution in [1.29, 1.82) is 0 Å². The Balaban J connectivity index is 1.63. The zero-order valence-corrected chi connectivity index (χ0v) is 15.6. The lowest BCUT2D eigenvalue weighted by Gasteiger charge is -2.27. The van der Waals surface area contributed by atoms with Crippen LogP contribution in [-0.2, 0) is 22.7 Å². The van der Waals surface area contributed by atoms with E-state index >= 15 is 0 Å². The molecule has 0 spiro atoms. The fourth-order valence-corrected chi connectivity index (χ4v) is 5.07. The van der Waals surface area contributed by atoms with E-state index in [1.54, 1.807) is 0 Å². The lowest BCUT2D eigenvalue weighted by molar-refractivity contribution is 0.0222. The number of rotatable bonds is 6. The normalized spacial score (nSPS) is 17.5. The van der Waals surface area contributed by atoms with E-state index in [-0.39, 0.29) is 17.4 Å². The number of oxazole rings is 1. The molecule has 2 N–H and O–H groups in total. The van der Waals surface area contributed by atoms with Crippen molar-refractivity contribution in [1.82, 2.24) is 9.29 Å². The quantitative estimate of drug-likeness (QED) is 0.663. The summed E-state index contributed by atoms with van der Waals surface area (Å²) in [5.74, 6) is -0.496. The van der Waals surface area contributed by atoms with Crippen LogP contribution < -0.4 is 10.5 Å². The molecule has 3 aromatic rings. The van der Waals surface area contributed by atoms with Gasteiger partial charge in [0.15, 0.2) is 5.58 Å². The van der Waals surface area contributed by atoms with E-state index < -0.39 is 21.4 Å². The van der Waals surface area contributed by atoms with E-state index in [0.717, 1.165) is 17.7 Å². The van der Waals surface area contributed by atoms with Crippen molar-refractivity contribution in [3.05, 3.63) is 51.1 Å². The van der Waals surface area contributed by atoms with Crippen LogP contribution in [0.4, 0.5) is 0 Å². The van der Waals surface area contributed by atoms with Crippen molar-refractivity contribution in [3.63, 3.8) is 0 Å². The van der Waals surface area contributed by atoms with Gasteiger partial charge < -0.3 is 9.52 Å². The molecule has 1 saturated carbocycles. The summed E-state index contributed by atoms with van der Waals surface area (Å²) in [4.78, 5) is 12.3. The van der Waals surface area contributed by atoms with Crippen LogP contribution >= 0.6 is 11.3 Å². The van der Waals surface area contributed by atoms with Gasteiger partial charge in [-0.15, -0.1) is 11.3 Å². The number of hydrogen-bond donors (Lipinski definition) is 2. The number of aromatic nitrogens is 1.